The summed E-state index contributed by atoms with van der Waals surface area (Å²) in [6.07, 6.45) is 2.84. The predicted octanol–water partition coefficient (Wildman–Crippen LogP) is 2.52. The van der Waals surface area contributed by atoms with Crippen LogP contribution in [0.2, 0.25) is 0 Å². The summed E-state index contributed by atoms with van der Waals surface area (Å²) in [6, 6.07) is 12.0. The Kier molecular flexibility index (Phi) is 10.5. The monoisotopic (exact) mass is 669 g/mol. The van der Waals surface area contributed by atoms with Gasteiger partial charge in [0.05, 0.1) is 12.3 Å². The van der Waals surface area contributed by atoms with Crippen LogP contribution in [-0.2, 0) is 27.8 Å². The van der Waals surface area contributed by atoms with E-state index in [-0.39, 0.29) is 46.2 Å². The number of hydrogen-bond acceptors (Lipinski definition) is 9. The summed E-state index contributed by atoms with van der Waals surface area (Å²) in [6.45, 7) is 3.13. The zero-order chi connectivity index (χ0) is 32.8. The highest BCUT2D eigenvalue weighted by molar-refractivity contribution is 7.92. The molecule has 246 valence electrons. The molecule has 15 heteroatoms. The van der Waals surface area contributed by atoms with E-state index in [1.54, 1.807) is 11.4 Å². The number of rotatable bonds is 13. The Morgan fingerprint density at radius 3 is 2.67 bits per heavy atom. The van der Waals surface area contributed by atoms with Gasteiger partial charge in [-0.2, -0.15) is 0 Å². The number of nitrogens with one attached hydrogen (secondary N) is 4. The molecule has 2 aliphatic rings. The van der Waals surface area contributed by atoms with Gasteiger partial charge < -0.3 is 31.9 Å². The second-order valence-corrected chi connectivity index (χ2v) is 14.0. The van der Waals surface area contributed by atoms with Crippen LogP contribution in [0, 0.1) is 5.41 Å². The minimum atomic E-state index is -4.24. The number of carbonyl (C=O) groups excluding carboxylic acids is 1. The molecule has 0 aliphatic carbocycles. The molecule has 1 amide bonds. The number of thiophene rings is 1. The van der Waals surface area contributed by atoms with Crippen LogP contribution in [0.3, 0.4) is 0 Å². The number of guanidine groups is 1. The van der Waals surface area contributed by atoms with Crippen molar-refractivity contribution >= 4 is 44.9 Å². The van der Waals surface area contributed by atoms with Gasteiger partial charge in [-0.1, -0.05) is 24.3 Å². The van der Waals surface area contributed by atoms with Crippen molar-refractivity contribution < 1.29 is 27.9 Å². The summed E-state index contributed by atoms with van der Waals surface area (Å²) in [5.74, 6) is -1.91. The van der Waals surface area contributed by atoms with Crippen molar-refractivity contribution in [2.75, 3.05) is 31.0 Å². The van der Waals surface area contributed by atoms with E-state index in [1.807, 2.05) is 24.3 Å². The SMILES string of the molecule is N=C(N)NCCC[C@H](NC(=O)c1sccc1NS(=O)(=O)c1cc(-c2ccccc2CN2CCC(N)CC2)cc2c1OCC2)C(=O)O. The molecule has 13 nitrogen and oxygen atoms in total. The highest BCUT2D eigenvalue weighted by Crippen LogP contribution is 2.39. The fraction of sp³-hybridized carbons (Fsp3) is 0.387. The largest absolute Gasteiger partial charge is 0.492 e. The van der Waals surface area contributed by atoms with E-state index in [0.717, 1.165) is 66.1 Å². The number of piperidine rings is 1. The average Bonchev–Trinajstić information content (AvgIpc) is 3.68. The molecule has 0 spiro atoms. The van der Waals surface area contributed by atoms with Gasteiger partial charge in [0.15, 0.2) is 5.96 Å². The van der Waals surface area contributed by atoms with E-state index in [4.69, 9.17) is 21.6 Å². The molecule has 1 saturated heterocycles. The molecule has 2 aromatic carbocycles. The van der Waals surface area contributed by atoms with Crippen LogP contribution < -0.4 is 31.6 Å². The standard InChI is InChI=1S/C31H39N7O6S2/c32-22-7-12-38(13-8-22)18-20-4-1-2-5-23(20)21-16-19-9-14-44-27(19)26(17-21)46(42,43)37-24-10-15-45-28(24)29(39)36-25(30(40)41)6-3-11-35-31(33)34/h1-2,4-5,10,15-17,22,25,37H,3,6-9,11-14,18,32H2,(H,36,39)(H,40,41)(H4,33,34,35)/t25-/m0/s1. The van der Waals surface area contributed by atoms with Crippen molar-refractivity contribution in [3.63, 3.8) is 0 Å². The van der Waals surface area contributed by atoms with E-state index >= 15 is 0 Å². The lowest BCUT2D eigenvalue weighted by molar-refractivity contribution is -0.139. The van der Waals surface area contributed by atoms with Crippen molar-refractivity contribution in [1.29, 1.82) is 5.41 Å². The Hall–Kier alpha value is -4.18. The summed E-state index contributed by atoms with van der Waals surface area (Å²) >= 11 is 0.991. The lowest BCUT2D eigenvalue weighted by Crippen LogP contribution is -2.41. The second kappa shape index (κ2) is 14.5. The van der Waals surface area contributed by atoms with Gasteiger partial charge >= 0.3 is 5.97 Å². The first-order chi connectivity index (χ1) is 22.0. The molecular formula is C31H39N7O6S2. The van der Waals surface area contributed by atoms with Crippen LogP contribution in [-0.4, -0.2) is 74.6 Å². The van der Waals surface area contributed by atoms with E-state index in [1.165, 1.54) is 6.07 Å². The topological polar surface area (TPSA) is 213 Å². The maximum atomic E-state index is 13.9. The molecule has 1 atom stereocenters. The fourth-order valence-electron chi connectivity index (χ4n) is 5.70. The van der Waals surface area contributed by atoms with Gasteiger partial charge in [-0.25, -0.2) is 13.2 Å². The number of likely N-dealkylation sites (tertiary alicyclic amines) is 1. The summed E-state index contributed by atoms with van der Waals surface area (Å²) in [5, 5.41) is 23.5. The van der Waals surface area contributed by atoms with Gasteiger partial charge in [0.2, 0.25) is 0 Å². The molecule has 46 heavy (non-hydrogen) atoms. The number of fused-ring (bicyclic) bond motifs is 1. The van der Waals surface area contributed by atoms with Crippen LogP contribution in [0.25, 0.3) is 11.1 Å². The first-order valence-electron chi connectivity index (χ1n) is 15.1. The summed E-state index contributed by atoms with van der Waals surface area (Å²) in [7, 11) is -4.24. The first-order valence-corrected chi connectivity index (χ1v) is 17.5. The Balaban J connectivity index is 1.38. The molecule has 2 aliphatic heterocycles. The Morgan fingerprint density at radius 1 is 1.17 bits per heavy atom. The molecule has 0 radical (unpaired) electrons. The van der Waals surface area contributed by atoms with Crippen LogP contribution in [0.4, 0.5) is 5.69 Å². The smallest absolute Gasteiger partial charge is 0.326 e. The van der Waals surface area contributed by atoms with Crippen molar-refractivity contribution in [3.8, 4) is 16.9 Å². The number of carboxylic acid groups (broad SMARTS) is 1. The Labute approximate surface area is 271 Å². The van der Waals surface area contributed by atoms with Gasteiger partial charge in [-0.15, -0.1) is 11.3 Å². The van der Waals surface area contributed by atoms with E-state index in [9.17, 15) is 23.1 Å². The molecule has 9 N–H and O–H groups in total. The fourth-order valence-corrected chi connectivity index (χ4v) is 7.80. The van der Waals surface area contributed by atoms with Gasteiger partial charge in [0.25, 0.3) is 15.9 Å². The number of nitrogens with two attached hydrogens (primary N) is 2. The number of ether oxygens (including phenoxy) is 1. The third-order valence-electron chi connectivity index (χ3n) is 8.10. The number of carbonyl (C=O) groups is 2. The highest BCUT2D eigenvalue weighted by atomic mass is 32.2. The molecule has 0 saturated carbocycles. The highest BCUT2D eigenvalue weighted by Gasteiger charge is 2.30. The molecule has 0 bridgehead atoms. The van der Waals surface area contributed by atoms with Crippen LogP contribution in [0.5, 0.6) is 5.75 Å². The molecule has 3 aromatic rings. The average molecular weight is 670 g/mol. The van der Waals surface area contributed by atoms with Gasteiger partial charge in [0.1, 0.15) is 21.6 Å². The van der Waals surface area contributed by atoms with Crippen molar-refractivity contribution in [2.24, 2.45) is 11.5 Å². The van der Waals surface area contributed by atoms with Gasteiger partial charge in [-0.3, -0.25) is 19.8 Å². The number of sulfonamides is 1. The predicted molar refractivity (Wildman–Crippen MR) is 177 cm³/mol. The van der Waals surface area contributed by atoms with Crippen LogP contribution >= 0.6 is 11.3 Å². The number of aliphatic carboxylic acids is 1. The third-order valence-corrected chi connectivity index (χ3v) is 10.4. The van der Waals surface area contributed by atoms with Gasteiger partial charge in [0, 0.05) is 25.6 Å². The molecule has 3 heterocycles. The number of benzene rings is 2. The zero-order valence-corrected chi connectivity index (χ0v) is 26.9. The molecule has 1 aromatic heterocycles. The molecular weight excluding hydrogens is 631 g/mol. The maximum absolute atomic E-state index is 13.9. The lowest BCUT2D eigenvalue weighted by atomic mass is 9.96. The molecule has 1 fully saturated rings. The minimum absolute atomic E-state index is 0.0250. The number of amides is 1. The van der Waals surface area contributed by atoms with E-state index < -0.39 is 27.9 Å². The van der Waals surface area contributed by atoms with Crippen molar-refractivity contribution in [2.45, 2.75) is 55.6 Å². The second-order valence-electron chi connectivity index (χ2n) is 11.4. The zero-order valence-electron chi connectivity index (χ0n) is 25.3. The summed E-state index contributed by atoms with van der Waals surface area (Å²) in [5.41, 5.74) is 14.9. The molecule has 5 rings (SSSR count). The van der Waals surface area contributed by atoms with Gasteiger partial charge in [-0.05, 0) is 84.6 Å². The minimum Gasteiger partial charge on any atom is -0.492 e. The number of carboxylic acids is 1. The van der Waals surface area contributed by atoms with E-state index in [2.05, 4.69) is 26.3 Å². The maximum Gasteiger partial charge on any atom is 0.326 e. The van der Waals surface area contributed by atoms with Crippen LogP contribution in [0.1, 0.15) is 46.5 Å². The summed E-state index contributed by atoms with van der Waals surface area (Å²) < 4.78 is 36.2. The first kappa shape index (κ1) is 33.2. The number of hydrogen-bond donors (Lipinski definition) is 7. The molecule has 0 unspecified atom stereocenters. The normalized spacial score (nSPS) is 15.8. The number of nitrogens with zero attached hydrogens (tertiary/aromatic N) is 1. The Morgan fingerprint density at radius 2 is 1.93 bits per heavy atom. The lowest BCUT2D eigenvalue weighted by Gasteiger charge is -2.30. The summed E-state index contributed by atoms with van der Waals surface area (Å²) in [4.78, 5) is 27.3. The van der Waals surface area contributed by atoms with Crippen molar-refractivity contribution in [1.82, 2.24) is 15.5 Å². The van der Waals surface area contributed by atoms with Crippen LogP contribution in [0.15, 0.2) is 52.7 Å². The third kappa shape index (κ3) is 7.96. The van der Waals surface area contributed by atoms with Crippen molar-refractivity contribution in [3.05, 3.63) is 63.8 Å². The quantitative estimate of drug-likeness (QED) is 0.0802. The number of anilines is 1. The Bertz CT molecular complexity index is 1700. The van der Waals surface area contributed by atoms with E-state index in [0.29, 0.717) is 19.4 Å².